The fraction of sp³-hybridized carbons (Fsp3) is 0.455. The maximum Gasteiger partial charge on any atom is 0.492 e. The Morgan fingerprint density at radius 3 is 2.53 bits per heavy atom. The molecule has 4 heteroatoms. The van der Waals surface area contributed by atoms with Crippen LogP contribution in [0.5, 0.6) is 5.75 Å². The molecular formula is C11H15BO3. The van der Waals surface area contributed by atoms with Crippen molar-refractivity contribution in [2.75, 3.05) is 7.11 Å². The molecule has 1 aliphatic carbocycles. The zero-order valence-electron chi connectivity index (χ0n) is 9.08. The van der Waals surface area contributed by atoms with Crippen LogP contribution in [-0.2, 0) is 12.8 Å². The second-order valence-electron chi connectivity index (χ2n) is 4.00. The van der Waals surface area contributed by atoms with Crippen molar-refractivity contribution in [3.8, 4) is 5.75 Å². The highest BCUT2D eigenvalue weighted by Gasteiger charge is 2.25. The van der Waals surface area contributed by atoms with Crippen LogP contribution in [0.15, 0.2) is 6.07 Å². The molecule has 0 radical (unpaired) electrons. The molecule has 2 rings (SSSR count). The summed E-state index contributed by atoms with van der Waals surface area (Å²) in [5, 5.41) is 18.5. The molecule has 3 nitrogen and oxygen atoms in total. The number of hydrogen-bond acceptors (Lipinski definition) is 3. The van der Waals surface area contributed by atoms with Crippen molar-refractivity contribution in [2.24, 2.45) is 0 Å². The van der Waals surface area contributed by atoms with Gasteiger partial charge in [-0.1, -0.05) is 6.07 Å². The van der Waals surface area contributed by atoms with Crippen LogP contribution < -0.4 is 10.2 Å². The maximum absolute atomic E-state index is 9.27. The molecule has 0 saturated heterocycles. The van der Waals surface area contributed by atoms with Gasteiger partial charge in [-0.15, -0.1) is 0 Å². The van der Waals surface area contributed by atoms with E-state index in [0.29, 0.717) is 11.2 Å². The van der Waals surface area contributed by atoms with Crippen LogP contribution in [0.2, 0.25) is 0 Å². The van der Waals surface area contributed by atoms with Crippen LogP contribution in [0.4, 0.5) is 0 Å². The summed E-state index contributed by atoms with van der Waals surface area (Å²) in [4.78, 5) is 0. The van der Waals surface area contributed by atoms with Gasteiger partial charge in [0.15, 0.2) is 0 Å². The van der Waals surface area contributed by atoms with Crippen LogP contribution in [0.3, 0.4) is 0 Å². The third-order valence-electron chi connectivity index (χ3n) is 3.08. The zero-order chi connectivity index (χ0) is 11.0. The van der Waals surface area contributed by atoms with Gasteiger partial charge in [-0.25, -0.2) is 0 Å². The first-order chi connectivity index (χ1) is 7.15. The summed E-state index contributed by atoms with van der Waals surface area (Å²) in [6.07, 6.45) is 3.16. The number of ether oxygens (including phenoxy) is 1. The topological polar surface area (TPSA) is 49.7 Å². The molecule has 0 fully saturated rings. The standard InChI is InChI=1S/C11H15BO3/c1-7-6-10(12(13)14)11(15-2)9-5-3-4-8(7)9/h6,13-14H,3-5H2,1-2H3. The van der Waals surface area contributed by atoms with Crippen molar-refractivity contribution in [1.29, 1.82) is 0 Å². The average molecular weight is 206 g/mol. The predicted octanol–water partition coefficient (Wildman–Crippen LogP) is 0.172. The van der Waals surface area contributed by atoms with E-state index in [1.807, 2.05) is 13.0 Å². The molecule has 80 valence electrons. The quantitative estimate of drug-likeness (QED) is 0.678. The Balaban J connectivity index is 2.63. The second kappa shape index (κ2) is 3.87. The maximum atomic E-state index is 9.27. The molecule has 0 aliphatic heterocycles. The molecule has 15 heavy (non-hydrogen) atoms. The van der Waals surface area contributed by atoms with E-state index in [-0.39, 0.29) is 0 Å². The molecule has 0 heterocycles. The molecule has 0 saturated carbocycles. The summed E-state index contributed by atoms with van der Waals surface area (Å²) in [7, 11) is 0.124. The Morgan fingerprint density at radius 2 is 1.93 bits per heavy atom. The van der Waals surface area contributed by atoms with Gasteiger partial charge in [-0.3, -0.25) is 0 Å². The number of fused-ring (bicyclic) bond motifs is 1. The highest BCUT2D eigenvalue weighted by molar-refractivity contribution is 6.59. The van der Waals surface area contributed by atoms with Crippen LogP contribution >= 0.6 is 0 Å². The molecule has 0 aromatic heterocycles. The summed E-state index contributed by atoms with van der Waals surface area (Å²) in [5.41, 5.74) is 4.08. The minimum Gasteiger partial charge on any atom is -0.497 e. The third kappa shape index (κ3) is 1.64. The first-order valence-electron chi connectivity index (χ1n) is 5.20. The highest BCUT2D eigenvalue weighted by atomic mass is 16.5. The second-order valence-corrected chi connectivity index (χ2v) is 4.00. The van der Waals surface area contributed by atoms with E-state index in [1.165, 1.54) is 5.56 Å². The molecular weight excluding hydrogens is 191 g/mol. The molecule has 0 unspecified atom stereocenters. The lowest BCUT2D eigenvalue weighted by atomic mass is 9.76. The van der Waals surface area contributed by atoms with E-state index in [1.54, 1.807) is 7.11 Å². The predicted molar refractivity (Wildman–Crippen MR) is 59.6 cm³/mol. The lowest BCUT2D eigenvalue weighted by Crippen LogP contribution is -2.32. The van der Waals surface area contributed by atoms with Gasteiger partial charge in [-0.05, 0) is 42.9 Å². The monoisotopic (exact) mass is 206 g/mol. The van der Waals surface area contributed by atoms with Crippen molar-refractivity contribution < 1.29 is 14.8 Å². The first kappa shape index (κ1) is 10.5. The van der Waals surface area contributed by atoms with Crippen molar-refractivity contribution >= 4 is 12.6 Å². The first-order valence-corrected chi connectivity index (χ1v) is 5.20. The van der Waals surface area contributed by atoms with Crippen LogP contribution in [-0.4, -0.2) is 24.3 Å². The summed E-state index contributed by atoms with van der Waals surface area (Å²) >= 11 is 0. The van der Waals surface area contributed by atoms with Gasteiger partial charge in [0.25, 0.3) is 0 Å². The molecule has 0 bridgehead atoms. The molecule has 0 atom stereocenters. The van der Waals surface area contributed by atoms with Crippen LogP contribution in [0, 0.1) is 6.92 Å². The summed E-state index contributed by atoms with van der Waals surface area (Å²) in [6, 6.07) is 1.81. The molecule has 1 aromatic rings. The number of rotatable bonds is 2. The minimum absolute atomic E-state index is 0.482. The third-order valence-corrected chi connectivity index (χ3v) is 3.08. The van der Waals surface area contributed by atoms with Gasteiger partial charge in [0, 0.05) is 5.46 Å². The summed E-state index contributed by atoms with van der Waals surface area (Å²) in [6.45, 7) is 2.01. The van der Waals surface area contributed by atoms with E-state index in [0.717, 1.165) is 30.4 Å². The van der Waals surface area contributed by atoms with Gasteiger partial charge >= 0.3 is 7.12 Å². The Morgan fingerprint density at radius 1 is 1.27 bits per heavy atom. The molecule has 2 N–H and O–H groups in total. The van der Waals surface area contributed by atoms with Crippen molar-refractivity contribution in [3.05, 3.63) is 22.8 Å². The lowest BCUT2D eigenvalue weighted by molar-refractivity contribution is 0.400. The molecule has 1 aliphatic rings. The van der Waals surface area contributed by atoms with E-state index in [2.05, 4.69) is 0 Å². The summed E-state index contributed by atoms with van der Waals surface area (Å²) < 4.78 is 5.28. The number of hydrogen-bond donors (Lipinski definition) is 2. The fourth-order valence-electron chi connectivity index (χ4n) is 2.42. The van der Waals surface area contributed by atoms with Crippen molar-refractivity contribution in [3.63, 3.8) is 0 Å². The average Bonchev–Trinajstić information content (AvgIpc) is 2.66. The number of benzene rings is 1. The smallest absolute Gasteiger partial charge is 0.492 e. The Hall–Kier alpha value is -0.995. The van der Waals surface area contributed by atoms with E-state index >= 15 is 0 Å². The Kier molecular flexibility index (Phi) is 2.71. The Labute approximate surface area is 89.8 Å². The van der Waals surface area contributed by atoms with E-state index in [9.17, 15) is 10.0 Å². The van der Waals surface area contributed by atoms with Gasteiger partial charge in [0.2, 0.25) is 0 Å². The lowest BCUT2D eigenvalue weighted by Gasteiger charge is -2.15. The molecule has 1 aromatic carbocycles. The van der Waals surface area contributed by atoms with Gasteiger partial charge in [-0.2, -0.15) is 0 Å². The SMILES string of the molecule is COc1c(B(O)O)cc(C)c2c1CCC2. The van der Waals surface area contributed by atoms with E-state index < -0.39 is 7.12 Å². The van der Waals surface area contributed by atoms with Gasteiger partial charge in [0.05, 0.1) is 7.11 Å². The van der Waals surface area contributed by atoms with Crippen LogP contribution in [0.1, 0.15) is 23.1 Å². The Bertz CT molecular complexity index is 388. The number of aryl methyl sites for hydroxylation is 1. The van der Waals surface area contributed by atoms with Crippen molar-refractivity contribution in [2.45, 2.75) is 26.2 Å². The fourth-order valence-corrected chi connectivity index (χ4v) is 2.42. The van der Waals surface area contributed by atoms with E-state index in [4.69, 9.17) is 4.74 Å². The van der Waals surface area contributed by atoms with Gasteiger partial charge in [0.1, 0.15) is 5.75 Å². The molecule has 0 spiro atoms. The zero-order valence-corrected chi connectivity index (χ0v) is 9.08. The minimum atomic E-state index is -1.45. The van der Waals surface area contributed by atoms with Gasteiger partial charge < -0.3 is 14.8 Å². The highest BCUT2D eigenvalue weighted by Crippen LogP contribution is 2.31. The number of methoxy groups -OCH3 is 1. The summed E-state index contributed by atoms with van der Waals surface area (Å²) in [5.74, 6) is 0.656. The van der Waals surface area contributed by atoms with Crippen molar-refractivity contribution in [1.82, 2.24) is 0 Å². The normalized spacial score (nSPS) is 13.9. The molecule has 0 amide bonds. The largest absolute Gasteiger partial charge is 0.497 e. The van der Waals surface area contributed by atoms with Crippen LogP contribution in [0.25, 0.3) is 0 Å².